The first kappa shape index (κ1) is 15.6. The van der Waals surface area contributed by atoms with Crippen molar-refractivity contribution in [2.24, 2.45) is 17.8 Å². The van der Waals surface area contributed by atoms with Crippen molar-refractivity contribution in [3.8, 4) is 0 Å². The summed E-state index contributed by atoms with van der Waals surface area (Å²) in [4.78, 5) is 21.1. The molecule has 26 heavy (non-hydrogen) atoms. The van der Waals surface area contributed by atoms with Crippen LogP contribution in [0.3, 0.4) is 0 Å². The highest BCUT2D eigenvalue weighted by atomic mass is 32.2. The number of aromatic nitrogens is 5. The zero-order chi connectivity index (χ0) is 17.1. The standard InChI is InChI=1S/C19H21N5S2/c1-11-2-13-3-12(1)5-19(4-11,6-13)18-24-14(8-26-18)7-25-17-15-16(21-9-20-15)22-10-23-17/h8-13H,1-7H2,(H,20,21,22,23). The number of thioether (sulfide) groups is 1. The van der Waals surface area contributed by atoms with Crippen LogP contribution in [0.15, 0.2) is 23.1 Å². The fourth-order valence-corrected chi connectivity index (χ4v) is 7.99. The van der Waals surface area contributed by atoms with Crippen molar-refractivity contribution in [2.45, 2.75) is 54.7 Å². The number of hydrogen-bond donors (Lipinski definition) is 1. The summed E-state index contributed by atoms with van der Waals surface area (Å²) < 4.78 is 0. The van der Waals surface area contributed by atoms with Crippen LogP contribution in [0.4, 0.5) is 0 Å². The Balaban J connectivity index is 1.23. The monoisotopic (exact) mass is 383 g/mol. The minimum atomic E-state index is 0.411. The van der Waals surface area contributed by atoms with Crippen LogP contribution in [0.1, 0.15) is 49.2 Å². The number of hydrogen-bond acceptors (Lipinski definition) is 6. The zero-order valence-corrected chi connectivity index (χ0v) is 16.2. The van der Waals surface area contributed by atoms with Crippen LogP contribution in [0, 0.1) is 17.8 Å². The average Bonchev–Trinajstić information content (AvgIpc) is 3.28. The molecule has 4 saturated carbocycles. The molecule has 0 atom stereocenters. The molecule has 0 amide bonds. The third kappa shape index (κ3) is 2.43. The zero-order valence-electron chi connectivity index (χ0n) is 14.5. The summed E-state index contributed by atoms with van der Waals surface area (Å²) in [5.41, 5.74) is 3.26. The lowest BCUT2D eigenvalue weighted by Gasteiger charge is -2.56. The average molecular weight is 384 g/mol. The fourth-order valence-electron chi connectivity index (χ4n) is 5.98. The van der Waals surface area contributed by atoms with E-state index in [1.807, 2.05) is 11.3 Å². The SMILES string of the molecule is c1nc(SCc2csc(C34CC5CC(CC(C5)C3)C4)n2)c2[nH]cnc2n1. The topological polar surface area (TPSA) is 67.3 Å². The maximum absolute atomic E-state index is 5.11. The molecule has 5 nitrogen and oxygen atoms in total. The molecule has 0 aliphatic heterocycles. The molecule has 0 spiro atoms. The molecule has 0 unspecified atom stereocenters. The van der Waals surface area contributed by atoms with Gasteiger partial charge in [-0.05, 0) is 56.3 Å². The maximum Gasteiger partial charge on any atom is 0.181 e. The van der Waals surface area contributed by atoms with Crippen LogP contribution in [0.2, 0.25) is 0 Å². The second kappa shape index (κ2) is 5.76. The van der Waals surface area contributed by atoms with E-state index >= 15 is 0 Å². The van der Waals surface area contributed by atoms with Gasteiger partial charge in [0.05, 0.1) is 17.0 Å². The first-order valence-electron chi connectivity index (χ1n) is 9.49. The molecule has 7 rings (SSSR count). The van der Waals surface area contributed by atoms with Crippen molar-refractivity contribution in [3.63, 3.8) is 0 Å². The quantitative estimate of drug-likeness (QED) is 0.528. The van der Waals surface area contributed by atoms with Crippen LogP contribution < -0.4 is 0 Å². The Morgan fingerprint density at radius 1 is 1.08 bits per heavy atom. The van der Waals surface area contributed by atoms with E-state index < -0.39 is 0 Å². The number of fused-ring (bicyclic) bond motifs is 1. The van der Waals surface area contributed by atoms with Gasteiger partial charge in [0.1, 0.15) is 16.9 Å². The smallest absolute Gasteiger partial charge is 0.181 e. The number of aromatic amines is 1. The van der Waals surface area contributed by atoms with Gasteiger partial charge in [-0.2, -0.15) is 0 Å². The van der Waals surface area contributed by atoms with Crippen molar-refractivity contribution in [1.82, 2.24) is 24.9 Å². The van der Waals surface area contributed by atoms with E-state index in [1.54, 1.807) is 24.4 Å². The minimum absolute atomic E-state index is 0.411. The van der Waals surface area contributed by atoms with Gasteiger partial charge < -0.3 is 4.98 Å². The highest BCUT2D eigenvalue weighted by Crippen LogP contribution is 2.61. The molecule has 4 bridgehead atoms. The van der Waals surface area contributed by atoms with Crippen molar-refractivity contribution in [2.75, 3.05) is 0 Å². The van der Waals surface area contributed by atoms with Gasteiger partial charge in [0.25, 0.3) is 0 Å². The predicted octanol–water partition coefficient (Wildman–Crippen LogP) is 4.57. The normalized spacial score (nSPS) is 32.5. The lowest BCUT2D eigenvalue weighted by Crippen LogP contribution is -2.48. The predicted molar refractivity (Wildman–Crippen MR) is 103 cm³/mol. The second-order valence-electron chi connectivity index (χ2n) is 8.41. The van der Waals surface area contributed by atoms with Crippen molar-refractivity contribution >= 4 is 34.3 Å². The fraction of sp³-hybridized carbons (Fsp3) is 0.579. The van der Waals surface area contributed by atoms with Gasteiger partial charge in [0.2, 0.25) is 0 Å². The summed E-state index contributed by atoms with van der Waals surface area (Å²) in [6.45, 7) is 0. The van der Waals surface area contributed by atoms with Gasteiger partial charge in [0.15, 0.2) is 5.65 Å². The van der Waals surface area contributed by atoms with Gasteiger partial charge in [-0.3, -0.25) is 0 Å². The van der Waals surface area contributed by atoms with E-state index in [9.17, 15) is 0 Å². The summed E-state index contributed by atoms with van der Waals surface area (Å²) in [6, 6.07) is 0. The Morgan fingerprint density at radius 2 is 1.85 bits per heavy atom. The van der Waals surface area contributed by atoms with Crippen LogP contribution in [-0.2, 0) is 11.2 Å². The first-order chi connectivity index (χ1) is 12.8. The van der Waals surface area contributed by atoms with Gasteiger partial charge >= 0.3 is 0 Å². The number of nitrogens with zero attached hydrogens (tertiary/aromatic N) is 4. The third-order valence-corrected chi connectivity index (χ3v) is 8.75. The second-order valence-corrected chi connectivity index (χ2v) is 10.2. The Bertz CT molecular complexity index is 926. The van der Waals surface area contributed by atoms with Crippen molar-refractivity contribution in [1.29, 1.82) is 0 Å². The van der Waals surface area contributed by atoms with Crippen LogP contribution in [0.25, 0.3) is 11.2 Å². The molecule has 3 heterocycles. The number of rotatable bonds is 4. The Hall–Kier alpha value is -1.47. The molecule has 1 N–H and O–H groups in total. The van der Waals surface area contributed by atoms with E-state index in [-0.39, 0.29) is 0 Å². The molecule has 4 aliphatic rings. The molecule has 0 radical (unpaired) electrons. The summed E-state index contributed by atoms with van der Waals surface area (Å²) >= 11 is 3.62. The van der Waals surface area contributed by atoms with E-state index in [4.69, 9.17) is 4.98 Å². The molecule has 0 saturated heterocycles. The summed E-state index contributed by atoms with van der Waals surface area (Å²) in [6.07, 6.45) is 11.9. The molecule has 7 heteroatoms. The van der Waals surface area contributed by atoms with Gasteiger partial charge in [-0.15, -0.1) is 11.3 Å². The van der Waals surface area contributed by atoms with Crippen molar-refractivity contribution < 1.29 is 0 Å². The van der Waals surface area contributed by atoms with E-state index in [2.05, 4.69) is 25.3 Å². The maximum atomic E-state index is 5.11. The lowest BCUT2D eigenvalue weighted by molar-refractivity contribution is -0.00532. The lowest BCUT2D eigenvalue weighted by atomic mass is 9.50. The van der Waals surface area contributed by atoms with Gasteiger partial charge in [-0.25, -0.2) is 19.9 Å². The first-order valence-corrected chi connectivity index (χ1v) is 11.4. The largest absolute Gasteiger partial charge is 0.341 e. The number of imidazole rings is 1. The number of thiazole rings is 1. The highest BCUT2D eigenvalue weighted by molar-refractivity contribution is 7.98. The van der Waals surface area contributed by atoms with Crippen LogP contribution in [-0.4, -0.2) is 24.9 Å². The molecule has 3 aromatic heterocycles. The van der Waals surface area contributed by atoms with Crippen molar-refractivity contribution in [3.05, 3.63) is 28.7 Å². The van der Waals surface area contributed by atoms with E-state index in [0.29, 0.717) is 5.41 Å². The molecule has 3 aromatic rings. The summed E-state index contributed by atoms with van der Waals surface area (Å²) in [5.74, 6) is 3.77. The summed E-state index contributed by atoms with van der Waals surface area (Å²) in [7, 11) is 0. The van der Waals surface area contributed by atoms with Gasteiger partial charge in [-0.1, -0.05) is 11.8 Å². The molecule has 4 aliphatic carbocycles. The summed E-state index contributed by atoms with van der Waals surface area (Å²) in [5, 5.41) is 4.64. The molecular weight excluding hydrogens is 362 g/mol. The van der Waals surface area contributed by atoms with Crippen LogP contribution in [0.5, 0.6) is 0 Å². The highest BCUT2D eigenvalue weighted by Gasteiger charge is 2.52. The van der Waals surface area contributed by atoms with E-state index in [0.717, 1.165) is 39.7 Å². The Kier molecular flexibility index (Phi) is 3.45. The third-order valence-electron chi connectivity index (χ3n) is 6.59. The molecule has 134 valence electrons. The number of H-pyrrole nitrogens is 1. The molecular formula is C19H21N5S2. The van der Waals surface area contributed by atoms with E-state index in [1.165, 1.54) is 49.2 Å². The molecule has 4 fully saturated rings. The molecule has 0 aromatic carbocycles. The number of nitrogens with one attached hydrogen (secondary N) is 1. The van der Waals surface area contributed by atoms with Gasteiger partial charge in [0, 0.05) is 16.5 Å². The Morgan fingerprint density at radius 3 is 2.62 bits per heavy atom. The minimum Gasteiger partial charge on any atom is -0.341 e. The van der Waals surface area contributed by atoms with Crippen LogP contribution >= 0.6 is 23.1 Å². The Labute approximate surface area is 160 Å².